The fourth-order valence-corrected chi connectivity index (χ4v) is 6.58. The van der Waals surface area contributed by atoms with Crippen molar-refractivity contribution < 1.29 is 4.39 Å². The highest BCUT2D eigenvalue weighted by Crippen LogP contribution is 2.64. The van der Waals surface area contributed by atoms with Crippen molar-refractivity contribution in [2.45, 2.75) is 31.2 Å². The van der Waals surface area contributed by atoms with E-state index in [9.17, 15) is 0 Å². The first-order valence-corrected chi connectivity index (χ1v) is 10.7. The first-order valence-electron chi connectivity index (χ1n) is 10.7. The van der Waals surface area contributed by atoms with Crippen LogP contribution in [0.2, 0.25) is 0 Å². The van der Waals surface area contributed by atoms with Crippen LogP contribution in [0.3, 0.4) is 0 Å². The highest BCUT2D eigenvalue weighted by Gasteiger charge is 2.54. The average molecular weight is 400 g/mol. The molecule has 150 valence electrons. The van der Waals surface area contributed by atoms with Gasteiger partial charge in [-0.1, -0.05) is 29.5 Å². The Labute approximate surface area is 172 Å². The first-order chi connectivity index (χ1) is 14.8. The molecule has 0 saturated heterocycles. The number of H-pyrrole nitrogens is 2. The van der Waals surface area contributed by atoms with E-state index in [0.29, 0.717) is 29.4 Å². The van der Waals surface area contributed by atoms with E-state index in [1.807, 2.05) is 6.20 Å². The third kappa shape index (κ3) is 2.15. The topological polar surface area (TPSA) is 82.3 Å². The molecule has 30 heavy (non-hydrogen) atoms. The molecule has 2 aromatic heterocycles. The summed E-state index contributed by atoms with van der Waals surface area (Å²) in [7, 11) is 0. The molecule has 6 nitrogen and oxygen atoms in total. The van der Waals surface area contributed by atoms with E-state index in [1.165, 1.54) is 24.8 Å². The molecule has 2 aromatic carbocycles. The van der Waals surface area contributed by atoms with Gasteiger partial charge in [-0.3, -0.25) is 10.2 Å². The van der Waals surface area contributed by atoms with Crippen molar-refractivity contribution in [3.05, 3.63) is 59.7 Å². The highest BCUT2D eigenvalue weighted by molar-refractivity contribution is 5.89. The number of aromatic nitrogens is 5. The number of fused-ring (bicyclic) bond motifs is 9. The van der Waals surface area contributed by atoms with E-state index in [-0.39, 0.29) is 11.9 Å². The van der Waals surface area contributed by atoms with Gasteiger partial charge in [0, 0.05) is 17.0 Å². The Morgan fingerprint density at radius 2 is 1.87 bits per heavy atom. The summed E-state index contributed by atoms with van der Waals surface area (Å²) in [5, 5.41) is 22.4. The predicted octanol–water partition coefficient (Wildman–Crippen LogP) is 4.78. The number of nitrogens with zero attached hydrogens (tertiary/aromatic N) is 3. The predicted molar refractivity (Wildman–Crippen MR) is 111 cm³/mol. The van der Waals surface area contributed by atoms with Gasteiger partial charge in [-0.2, -0.15) is 5.10 Å². The van der Waals surface area contributed by atoms with Gasteiger partial charge in [-0.15, -0.1) is 5.10 Å². The fourth-order valence-electron chi connectivity index (χ4n) is 6.58. The molecule has 7 heteroatoms. The first kappa shape index (κ1) is 16.6. The van der Waals surface area contributed by atoms with Gasteiger partial charge in [0.15, 0.2) is 0 Å². The van der Waals surface area contributed by atoms with Crippen molar-refractivity contribution in [3.8, 4) is 11.3 Å². The van der Waals surface area contributed by atoms with Crippen molar-refractivity contribution in [2.24, 2.45) is 17.8 Å². The number of nitrogens with one attached hydrogen (secondary N) is 3. The second-order valence-electron chi connectivity index (χ2n) is 9.03. The van der Waals surface area contributed by atoms with Crippen LogP contribution in [0, 0.1) is 23.6 Å². The summed E-state index contributed by atoms with van der Waals surface area (Å²) in [5.41, 5.74) is 5.78. The largest absolute Gasteiger partial charge is 0.375 e. The van der Waals surface area contributed by atoms with Crippen LogP contribution in [0.15, 0.2) is 42.7 Å². The Kier molecular flexibility index (Phi) is 3.26. The van der Waals surface area contributed by atoms with E-state index in [1.54, 1.807) is 12.3 Å². The summed E-state index contributed by atoms with van der Waals surface area (Å²) in [6, 6.07) is 10.2. The third-order valence-corrected chi connectivity index (χ3v) is 7.73. The number of aromatic amines is 2. The molecular weight excluding hydrogens is 379 g/mol. The van der Waals surface area contributed by atoms with Gasteiger partial charge in [-0.05, 0) is 54.1 Å². The van der Waals surface area contributed by atoms with Crippen LogP contribution >= 0.6 is 0 Å². The van der Waals surface area contributed by atoms with Crippen LogP contribution in [0.5, 0.6) is 0 Å². The SMILES string of the molecule is Fc1cc2[nH]ncc2c2c1NC(c1ccc(-c3cnn[nH]3)cc1)C1C3CCC(C3)C21. The van der Waals surface area contributed by atoms with Crippen molar-refractivity contribution in [3.63, 3.8) is 0 Å². The summed E-state index contributed by atoms with van der Waals surface area (Å²) in [4.78, 5) is 0. The maximum absolute atomic E-state index is 15.2. The Bertz CT molecular complexity index is 1240. The van der Waals surface area contributed by atoms with Gasteiger partial charge in [0.25, 0.3) is 0 Å². The smallest absolute Gasteiger partial charge is 0.148 e. The minimum absolute atomic E-state index is 0.116. The molecule has 0 amide bonds. The molecule has 0 radical (unpaired) electrons. The normalized spacial score (nSPS) is 29.0. The number of benzene rings is 2. The lowest BCUT2D eigenvalue weighted by Gasteiger charge is -2.44. The molecule has 4 aromatic rings. The molecule has 2 fully saturated rings. The zero-order valence-corrected chi connectivity index (χ0v) is 16.3. The molecule has 2 bridgehead atoms. The lowest BCUT2D eigenvalue weighted by atomic mass is 9.67. The second kappa shape index (κ2) is 5.90. The lowest BCUT2D eigenvalue weighted by molar-refractivity contribution is 0.247. The van der Waals surface area contributed by atoms with Crippen LogP contribution < -0.4 is 5.32 Å². The van der Waals surface area contributed by atoms with Gasteiger partial charge in [-0.25, -0.2) is 4.39 Å². The zero-order valence-electron chi connectivity index (χ0n) is 16.3. The highest BCUT2D eigenvalue weighted by atomic mass is 19.1. The van der Waals surface area contributed by atoms with Crippen LogP contribution in [0.4, 0.5) is 10.1 Å². The average Bonchev–Trinajstić information content (AvgIpc) is 3.58. The van der Waals surface area contributed by atoms with Crippen molar-refractivity contribution >= 4 is 16.6 Å². The van der Waals surface area contributed by atoms with Crippen molar-refractivity contribution in [1.82, 2.24) is 25.6 Å². The van der Waals surface area contributed by atoms with Crippen LogP contribution in [-0.4, -0.2) is 25.6 Å². The molecule has 3 heterocycles. The quantitative estimate of drug-likeness (QED) is 0.452. The number of hydrogen-bond donors (Lipinski definition) is 3. The summed E-state index contributed by atoms with van der Waals surface area (Å²) in [5.74, 6) is 2.01. The Morgan fingerprint density at radius 3 is 2.70 bits per heavy atom. The van der Waals surface area contributed by atoms with Crippen molar-refractivity contribution in [2.75, 3.05) is 5.32 Å². The minimum atomic E-state index is -0.187. The van der Waals surface area contributed by atoms with E-state index < -0.39 is 0 Å². The number of hydrogen-bond acceptors (Lipinski definition) is 4. The van der Waals surface area contributed by atoms with Crippen LogP contribution in [0.1, 0.15) is 42.3 Å². The maximum Gasteiger partial charge on any atom is 0.148 e. The van der Waals surface area contributed by atoms with Gasteiger partial charge in [0.05, 0.1) is 35.3 Å². The van der Waals surface area contributed by atoms with Crippen LogP contribution in [-0.2, 0) is 0 Å². The Balaban J connectivity index is 1.37. The van der Waals surface area contributed by atoms with E-state index in [0.717, 1.165) is 27.7 Å². The van der Waals surface area contributed by atoms with E-state index in [2.05, 4.69) is 55.2 Å². The summed E-state index contributed by atoms with van der Waals surface area (Å²) in [6.07, 6.45) is 7.37. The Hall–Kier alpha value is -3.22. The van der Waals surface area contributed by atoms with Crippen molar-refractivity contribution in [1.29, 1.82) is 0 Å². The van der Waals surface area contributed by atoms with Gasteiger partial charge >= 0.3 is 0 Å². The standard InChI is InChI=1S/C23H21FN6/c24-16-8-17-15(9-25-28-17)21-19-13-5-6-14(7-13)20(19)22(27-23(16)21)12-3-1-11(2-4-12)18-10-26-30-29-18/h1-4,8-10,13-14,19-20,22,27H,5-7H2,(H,25,28)(H,26,29,30). The molecule has 1 aliphatic heterocycles. The summed E-state index contributed by atoms with van der Waals surface area (Å²) < 4.78 is 15.2. The maximum atomic E-state index is 15.2. The van der Waals surface area contributed by atoms with Gasteiger partial charge in [0.2, 0.25) is 0 Å². The monoisotopic (exact) mass is 400 g/mol. The number of rotatable bonds is 2. The van der Waals surface area contributed by atoms with E-state index in [4.69, 9.17) is 0 Å². The molecule has 2 saturated carbocycles. The molecule has 2 aliphatic carbocycles. The number of halogens is 1. The zero-order chi connectivity index (χ0) is 19.8. The van der Waals surface area contributed by atoms with E-state index >= 15 is 4.39 Å². The second-order valence-corrected chi connectivity index (χ2v) is 9.03. The fraction of sp³-hybridized carbons (Fsp3) is 0.348. The van der Waals surface area contributed by atoms with Crippen LogP contribution in [0.25, 0.3) is 22.2 Å². The summed E-state index contributed by atoms with van der Waals surface area (Å²) >= 11 is 0. The molecule has 7 rings (SSSR count). The molecule has 5 unspecified atom stereocenters. The molecule has 0 spiro atoms. The van der Waals surface area contributed by atoms with Gasteiger partial charge < -0.3 is 5.32 Å². The summed E-state index contributed by atoms with van der Waals surface area (Å²) in [6.45, 7) is 0. The molecule has 5 atom stereocenters. The molecule has 3 N–H and O–H groups in total. The lowest BCUT2D eigenvalue weighted by Crippen LogP contribution is -2.36. The number of anilines is 1. The Morgan fingerprint density at radius 1 is 1.00 bits per heavy atom. The van der Waals surface area contributed by atoms with Gasteiger partial charge in [0.1, 0.15) is 5.82 Å². The molecular formula is C23H21FN6. The third-order valence-electron chi connectivity index (χ3n) is 7.73. The minimum Gasteiger partial charge on any atom is -0.375 e. The molecule has 3 aliphatic rings.